The van der Waals surface area contributed by atoms with Gasteiger partial charge in [-0.05, 0) is 18.6 Å². The molecule has 6 heteroatoms. The van der Waals surface area contributed by atoms with Crippen molar-refractivity contribution >= 4 is 17.2 Å². The first kappa shape index (κ1) is 16.4. The number of hydrogen-bond acceptors (Lipinski definition) is 5. The van der Waals surface area contributed by atoms with Crippen LogP contribution in [0.25, 0.3) is 10.6 Å². The normalized spacial score (nSPS) is 12.1. The Balaban J connectivity index is 1.80. The highest BCUT2D eigenvalue weighted by Crippen LogP contribution is 2.24. The van der Waals surface area contributed by atoms with Gasteiger partial charge in [0.25, 0.3) is 5.91 Å². The Morgan fingerprint density at radius 1 is 1.33 bits per heavy atom. The van der Waals surface area contributed by atoms with E-state index in [4.69, 9.17) is 4.42 Å². The van der Waals surface area contributed by atoms with E-state index in [9.17, 15) is 9.90 Å². The Kier molecular flexibility index (Phi) is 5.08. The topological polar surface area (TPSA) is 66.6 Å². The molecule has 2 aromatic heterocycles. The second-order valence-corrected chi connectivity index (χ2v) is 6.43. The molecule has 0 bridgehead atoms. The molecule has 0 aliphatic carbocycles. The van der Waals surface area contributed by atoms with E-state index in [1.165, 1.54) is 11.3 Å². The highest BCUT2D eigenvalue weighted by molar-refractivity contribution is 7.13. The van der Waals surface area contributed by atoms with Gasteiger partial charge < -0.3 is 14.4 Å². The zero-order chi connectivity index (χ0) is 16.9. The predicted molar refractivity (Wildman–Crippen MR) is 92.7 cm³/mol. The third-order valence-corrected chi connectivity index (χ3v) is 4.37. The van der Waals surface area contributed by atoms with Crippen molar-refractivity contribution in [2.45, 2.75) is 19.6 Å². The monoisotopic (exact) mass is 342 g/mol. The minimum atomic E-state index is -0.607. The van der Waals surface area contributed by atoms with Crippen LogP contribution in [0.1, 0.15) is 23.0 Å². The maximum atomic E-state index is 12.8. The lowest BCUT2D eigenvalue weighted by Gasteiger charge is -2.23. The predicted octanol–water partition coefficient (Wildman–Crippen LogP) is 3.43. The molecule has 0 saturated heterocycles. The van der Waals surface area contributed by atoms with Gasteiger partial charge in [-0.3, -0.25) is 4.79 Å². The zero-order valence-electron chi connectivity index (χ0n) is 13.3. The van der Waals surface area contributed by atoms with Gasteiger partial charge in [-0.2, -0.15) is 0 Å². The number of amides is 1. The molecule has 1 atom stereocenters. The molecule has 5 nitrogen and oxygen atoms in total. The lowest BCUT2D eigenvalue weighted by Crippen LogP contribution is -2.36. The molecule has 0 radical (unpaired) electrons. The van der Waals surface area contributed by atoms with Crippen LogP contribution >= 0.6 is 11.3 Å². The van der Waals surface area contributed by atoms with Gasteiger partial charge in [0, 0.05) is 24.0 Å². The van der Waals surface area contributed by atoms with Gasteiger partial charge in [-0.25, -0.2) is 4.98 Å². The lowest BCUT2D eigenvalue weighted by molar-refractivity contribution is 0.0626. The van der Waals surface area contributed by atoms with Crippen LogP contribution in [0.5, 0.6) is 0 Å². The summed E-state index contributed by atoms with van der Waals surface area (Å²) in [7, 11) is 0. The van der Waals surface area contributed by atoms with Gasteiger partial charge in [0.05, 0.1) is 12.4 Å². The molecule has 0 fully saturated rings. The average molecular weight is 342 g/mol. The summed E-state index contributed by atoms with van der Waals surface area (Å²) in [5.74, 6) is -0.189. The molecule has 2 heterocycles. The van der Waals surface area contributed by atoms with E-state index in [0.29, 0.717) is 12.2 Å². The first-order valence-corrected chi connectivity index (χ1v) is 8.51. The minimum absolute atomic E-state index is 0.189. The molecule has 0 spiro atoms. The van der Waals surface area contributed by atoms with Gasteiger partial charge in [-0.1, -0.05) is 30.3 Å². The fourth-order valence-electron chi connectivity index (χ4n) is 2.39. The lowest BCUT2D eigenvalue weighted by atomic mass is 10.2. The second kappa shape index (κ2) is 7.42. The number of benzene rings is 1. The third kappa shape index (κ3) is 3.90. The van der Waals surface area contributed by atoms with Gasteiger partial charge in [-0.15, -0.1) is 11.3 Å². The number of hydrogen-bond donors (Lipinski definition) is 1. The highest BCUT2D eigenvalue weighted by Gasteiger charge is 2.21. The van der Waals surface area contributed by atoms with Crippen molar-refractivity contribution in [1.82, 2.24) is 9.88 Å². The summed E-state index contributed by atoms with van der Waals surface area (Å²) in [6.07, 6.45) is 2.57. The number of aliphatic hydroxyl groups excluding tert-OH is 1. The highest BCUT2D eigenvalue weighted by atomic mass is 32.1. The van der Waals surface area contributed by atoms with Crippen LogP contribution in [0, 0.1) is 0 Å². The molecule has 0 aliphatic heterocycles. The van der Waals surface area contributed by atoms with Crippen molar-refractivity contribution in [2.75, 3.05) is 6.54 Å². The van der Waals surface area contributed by atoms with E-state index in [2.05, 4.69) is 4.98 Å². The first-order chi connectivity index (χ1) is 11.6. The van der Waals surface area contributed by atoms with Crippen LogP contribution in [-0.2, 0) is 6.54 Å². The standard InChI is InChI=1S/C18H18N2O3S/c1-13(21)9-20(10-14-5-3-2-4-6-14)18(22)16-12-24-17(19-16)15-7-8-23-11-15/h2-8,11-13,21H,9-10H2,1H3. The summed E-state index contributed by atoms with van der Waals surface area (Å²) >= 11 is 1.40. The summed E-state index contributed by atoms with van der Waals surface area (Å²) in [6.45, 7) is 2.36. The summed E-state index contributed by atoms with van der Waals surface area (Å²) in [6, 6.07) is 11.5. The Morgan fingerprint density at radius 3 is 2.79 bits per heavy atom. The van der Waals surface area contributed by atoms with Crippen molar-refractivity contribution in [2.24, 2.45) is 0 Å². The number of aliphatic hydroxyl groups is 1. The maximum Gasteiger partial charge on any atom is 0.273 e. The second-order valence-electron chi connectivity index (χ2n) is 5.57. The molecule has 3 rings (SSSR count). The van der Waals surface area contributed by atoms with Gasteiger partial charge in [0.1, 0.15) is 17.0 Å². The molecule has 3 aromatic rings. The molecule has 124 valence electrons. The molecule has 0 aliphatic rings. The number of rotatable bonds is 6. The zero-order valence-corrected chi connectivity index (χ0v) is 14.1. The molecule has 1 N–H and O–H groups in total. The molecule has 1 unspecified atom stereocenters. The molecule has 0 saturated carbocycles. The van der Waals surface area contributed by atoms with E-state index in [1.807, 2.05) is 36.4 Å². The van der Waals surface area contributed by atoms with E-state index >= 15 is 0 Å². The summed E-state index contributed by atoms with van der Waals surface area (Å²) in [5, 5.41) is 12.2. The first-order valence-electron chi connectivity index (χ1n) is 7.63. The number of nitrogens with zero attached hydrogens (tertiary/aromatic N) is 2. The van der Waals surface area contributed by atoms with E-state index in [-0.39, 0.29) is 12.5 Å². The van der Waals surface area contributed by atoms with Crippen molar-refractivity contribution in [3.8, 4) is 10.6 Å². The van der Waals surface area contributed by atoms with Crippen LogP contribution in [0.2, 0.25) is 0 Å². The largest absolute Gasteiger partial charge is 0.472 e. The van der Waals surface area contributed by atoms with E-state index in [0.717, 1.165) is 16.1 Å². The Hall–Kier alpha value is -2.44. The molecular weight excluding hydrogens is 324 g/mol. The minimum Gasteiger partial charge on any atom is -0.472 e. The van der Waals surface area contributed by atoms with Gasteiger partial charge >= 0.3 is 0 Å². The van der Waals surface area contributed by atoms with Crippen molar-refractivity contribution in [3.05, 3.63) is 65.6 Å². The molecule has 1 aromatic carbocycles. The third-order valence-electron chi connectivity index (χ3n) is 3.48. The SMILES string of the molecule is CC(O)CN(Cc1ccccc1)C(=O)c1csc(-c2ccoc2)n1. The van der Waals surface area contributed by atoms with E-state index < -0.39 is 6.10 Å². The van der Waals surface area contributed by atoms with Crippen LogP contribution in [0.4, 0.5) is 0 Å². The maximum absolute atomic E-state index is 12.8. The summed E-state index contributed by atoms with van der Waals surface area (Å²) < 4.78 is 5.06. The van der Waals surface area contributed by atoms with Crippen molar-refractivity contribution in [1.29, 1.82) is 0 Å². The summed E-state index contributed by atoms with van der Waals surface area (Å²) in [5.41, 5.74) is 2.24. The number of furan rings is 1. The number of carbonyl (C=O) groups excluding carboxylic acids is 1. The van der Waals surface area contributed by atoms with Crippen LogP contribution in [-0.4, -0.2) is 33.5 Å². The fraction of sp³-hybridized carbons (Fsp3) is 0.222. The smallest absolute Gasteiger partial charge is 0.273 e. The number of aromatic nitrogens is 1. The molecule has 24 heavy (non-hydrogen) atoms. The Labute approximate surface area is 144 Å². The van der Waals surface area contributed by atoms with Crippen molar-refractivity contribution in [3.63, 3.8) is 0 Å². The average Bonchev–Trinajstić information content (AvgIpc) is 3.25. The number of carbonyl (C=O) groups is 1. The van der Waals surface area contributed by atoms with E-state index in [1.54, 1.807) is 29.7 Å². The molecular formula is C18H18N2O3S. The Bertz CT molecular complexity index is 782. The quantitative estimate of drug-likeness (QED) is 0.745. The van der Waals surface area contributed by atoms with Gasteiger partial charge in [0.15, 0.2) is 0 Å². The number of thiazole rings is 1. The van der Waals surface area contributed by atoms with Crippen LogP contribution in [0.3, 0.4) is 0 Å². The van der Waals surface area contributed by atoms with Gasteiger partial charge in [0.2, 0.25) is 0 Å². The molecule has 1 amide bonds. The Morgan fingerprint density at radius 2 is 2.12 bits per heavy atom. The fourth-order valence-corrected chi connectivity index (χ4v) is 3.17. The van der Waals surface area contributed by atoms with Crippen LogP contribution < -0.4 is 0 Å². The van der Waals surface area contributed by atoms with Crippen LogP contribution in [0.15, 0.2) is 58.7 Å². The summed E-state index contributed by atoms with van der Waals surface area (Å²) in [4.78, 5) is 18.8. The van der Waals surface area contributed by atoms with Crippen molar-refractivity contribution < 1.29 is 14.3 Å².